The van der Waals surface area contributed by atoms with Gasteiger partial charge in [-0.05, 0) is 42.0 Å². The Morgan fingerprint density at radius 1 is 1.47 bits per heavy atom. The van der Waals surface area contributed by atoms with Gasteiger partial charge in [0.2, 0.25) is 0 Å². The third kappa shape index (κ3) is 2.04. The van der Waals surface area contributed by atoms with Crippen molar-refractivity contribution in [3.05, 3.63) is 28.3 Å². The molecule has 3 N–H and O–H groups in total. The summed E-state index contributed by atoms with van der Waals surface area (Å²) in [5.74, 6) is 0.484. The molecule has 0 amide bonds. The molecule has 0 spiro atoms. The number of anilines is 1. The zero-order valence-electron chi connectivity index (χ0n) is 10.0. The van der Waals surface area contributed by atoms with E-state index < -0.39 is 0 Å². The molecule has 0 aromatic heterocycles. The van der Waals surface area contributed by atoms with E-state index in [0.29, 0.717) is 5.92 Å². The van der Waals surface area contributed by atoms with Crippen molar-refractivity contribution in [2.75, 3.05) is 5.73 Å². The number of nitrogens with two attached hydrogens (primary N) is 1. The average molecular weight is 204 g/mol. The Morgan fingerprint density at radius 3 is 2.47 bits per heavy atom. The highest BCUT2D eigenvalue weighted by atomic mass is 14.6. The molecule has 2 heteroatoms. The van der Waals surface area contributed by atoms with E-state index in [1.807, 2.05) is 6.92 Å². The van der Waals surface area contributed by atoms with Crippen LogP contribution < -0.4 is 5.73 Å². The largest absolute Gasteiger partial charge is 0.398 e. The Kier molecular flexibility index (Phi) is 3.51. The van der Waals surface area contributed by atoms with Crippen LogP contribution in [0, 0.1) is 12.3 Å². The smallest absolute Gasteiger partial charge is 0.0435 e. The lowest BCUT2D eigenvalue weighted by Crippen LogP contribution is -2.05. The van der Waals surface area contributed by atoms with E-state index in [1.165, 1.54) is 17.3 Å². The molecular formula is C13H20N2. The molecule has 0 aliphatic rings. The molecule has 0 atom stereocenters. The molecule has 15 heavy (non-hydrogen) atoms. The first-order chi connectivity index (χ1) is 7.02. The lowest BCUT2D eigenvalue weighted by atomic mass is 9.89. The molecule has 0 saturated carbocycles. The van der Waals surface area contributed by atoms with E-state index in [9.17, 15) is 0 Å². The zero-order chi connectivity index (χ0) is 11.6. The van der Waals surface area contributed by atoms with Crippen molar-refractivity contribution in [2.45, 2.75) is 40.0 Å². The summed E-state index contributed by atoms with van der Waals surface area (Å²) < 4.78 is 0. The summed E-state index contributed by atoms with van der Waals surface area (Å²) in [5.41, 5.74) is 11.4. The molecular weight excluding hydrogens is 184 g/mol. The molecule has 0 aliphatic heterocycles. The molecule has 82 valence electrons. The van der Waals surface area contributed by atoms with E-state index >= 15 is 0 Å². The fraction of sp³-hybridized carbons (Fsp3) is 0.462. The molecule has 1 aromatic carbocycles. The molecule has 2 nitrogen and oxygen atoms in total. The van der Waals surface area contributed by atoms with Gasteiger partial charge in [-0.3, -0.25) is 0 Å². The summed E-state index contributed by atoms with van der Waals surface area (Å²) in [5, 5.41) is 7.34. The van der Waals surface area contributed by atoms with Gasteiger partial charge in [0, 0.05) is 17.5 Å². The van der Waals surface area contributed by atoms with Gasteiger partial charge in [-0.15, -0.1) is 0 Å². The normalized spacial score (nSPS) is 10.7. The van der Waals surface area contributed by atoms with Gasteiger partial charge in [0.25, 0.3) is 0 Å². The fourth-order valence-corrected chi connectivity index (χ4v) is 2.03. The molecule has 0 unspecified atom stereocenters. The van der Waals surface area contributed by atoms with E-state index in [4.69, 9.17) is 11.1 Å². The molecule has 0 bridgehead atoms. The van der Waals surface area contributed by atoms with Crippen LogP contribution >= 0.6 is 0 Å². The van der Waals surface area contributed by atoms with Crippen molar-refractivity contribution >= 4 is 11.9 Å². The van der Waals surface area contributed by atoms with Gasteiger partial charge >= 0.3 is 0 Å². The van der Waals surface area contributed by atoms with Crippen LogP contribution in [0.1, 0.15) is 48.9 Å². The first-order valence-electron chi connectivity index (χ1n) is 5.45. The van der Waals surface area contributed by atoms with Crippen LogP contribution in [0.25, 0.3) is 0 Å². The predicted molar refractivity (Wildman–Crippen MR) is 66.9 cm³/mol. The average Bonchev–Trinajstić information content (AvgIpc) is 2.21. The van der Waals surface area contributed by atoms with Gasteiger partial charge in [-0.2, -0.15) is 0 Å². The Labute approximate surface area is 92.0 Å². The van der Waals surface area contributed by atoms with Gasteiger partial charge in [0.15, 0.2) is 0 Å². The summed E-state index contributed by atoms with van der Waals surface area (Å²) in [6, 6.07) is 2.05. The molecule has 0 aliphatic carbocycles. The maximum absolute atomic E-state index is 7.34. The fourth-order valence-electron chi connectivity index (χ4n) is 2.03. The van der Waals surface area contributed by atoms with Crippen LogP contribution in [0.5, 0.6) is 0 Å². The summed E-state index contributed by atoms with van der Waals surface area (Å²) in [7, 11) is 0. The van der Waals surface area contributed by atoms with E-state index in [1.54, 1.807) is 0 Å². The van der Waals surface area contributed by atoms with Crippen molar-refractivity contribution in [3.63, 3.8) is 0 Å². The van der Waals surface area contributed by atoms with Crippen LogP contribution in [0.2, 0.25) is 0 Å². The Bertz CT molecular complexity index is 379. The Balaban J connectivity index is 3.51. The quantitative estimate of drug-likeness (QED) is 0.576. The van der Waals surface area contributed by atoms with Gasteiger partial charge in [0.05, 0.1) is 0 Å². The second kappa shape index (κ2) is 4.47. The number of benzene rings is 1. The number of nitrogens with one attached hydrogen (secondary N) is 1. The lowest BCUT2D eigenvalue weighted by Gasteiger charge is -2.18. The highest BCUT2D eigenvalue weighted by Gasteiger charge is 2.12. The van der Waals surface area contributed by atoms with Gasteiger partial charge in [-0.1, -0.05) is 20.8 Å². The summed E-state index contributed by atoms with van der Waals surface area (Å²) in [6.45, 7) is 8.56. The van der Waals surface area contributed by atoms with Gasteiger partial charge in [-0.25, -0.2) is 0 Å². The van der Waals surface area contributed by atoms with Crippen molar-refractivity contribution in [1.82, 2.24) is 0 Å². The second-order valence-electron chi connectivity index (χ2n) is 4.22. The predicted octanol–water partition coefficient (Wildman–Crippen LogP) is 3.26. The van der Waals surface area contributed by atoms with E-state index in [0.717, 1.165) is 23.2 Å². The van der Waals surface area contributed by atoms with Crippen LogP contribution in [0.15, 0.2) is 6.07 Å². The van der Waals surface area contributed by atoms with Crippen LogP contribution in [-0.2, 0) is 6.42 Å². The van der Waals surface area contributed by atoms with Crippen molar-refractivity contribution in [1.29, 1.82) is 5.41 Å². The minimum absolute atomic E-state index is 0.484. The molecule has 0 saturated heterocycles. The molecule has 1 rings (SSSR count). The van der Waals surface area contributed by atoms with Crippen molar-refractivity contribution in [3.8, 4) is 0 Å². The topological polar surface area (TPSA) is 49.9 Å². The summed E-state index contributed by atoms with van der Waals surface area (Å²) in [4.78, 5) is 0. The molecule has 0 radical (unpaired) electrons. The zero-order valence-corrected chi connectivity index (χ0v) is 10.0. The first kappa shape index (κ1) is 11.8. The second-order valence-corrected chi connectivity index (χ2v) is 4.22. The molecule has 1 aromatic rings. The van der Waals surface area contributed by atoms with Gasteiger partial charge in [0.1, 0.15) is 0 Å². The lowest BCUT2D eigenvalue weighted by molar-refractivity contribution is 0.840. The maximum Gasteiger partial charge on any atom is 0.0435 e. The van der Waals surface area contributed by atoms with E-state index in [-0.39, 0.29) is 0 Å². The number of hydrogen-bond acceptors (Lipinski definition) is 2. The monoisotopic (exact) mass is 204 g/mol. The van der Waals surface area contributed by atoms with Crippen molar-refractivity contribution < 1.29 is 0 Å². The highest BCUT2D eigenvalue weighted by Crippen LogP contribution is 2.29. The standard InChI is InChI=1S/C13H20N2/c1-5-11-9(4)13(15)10(7-14)6-12(11)8(2)3/h6-8,14H,5,15H2,1-4H3. The van der Waals surface area contributed by atoms with Crippen LogP contribution in [-0.4, -0.2) is 6.21 Å². The number of hydrogen-bond donors (Lipinski definition) is 2. The van der Waals surface area contributed by atoms with Gasteiger partial charge < -0.3 is 11.1 Å². The van der Waals surface area contributed by atoms with Crippen molar-refractivity contribution in [2.24, 2.45) is 0 Å². The summed E-state index contributed by atoms with van der Waals surface area (Å²) in [6.07, 6.45) is 2.34. The maximum atomic E-state index is 7.34. The van der Waals surface area contributed by atoms with Crippen LogP contribution in [0.3, 0.4) is 0 Å². The van der Waals surface area contributed by atoms with Crippen LogP contribution in [0.4, 0.5) is 5.69 Å². The Hall–Kier alpha value is -1.31. The number of nitrogen functional groups attached to an aromatic ring is 1. The molecule has 0 heterocycles. The number of rotatable bonds is 3. The Morgan fingerprint density at radius 2 is 2.07 bits per heavy atom. The first-order valence-corrected chi connectivity index (χ1v) is 5.45. The third-order valence-corrected chi connectivity index (χ3v) is 2.96. The minimum atomic E-state index is 0.484. The SMILES string of the molecule is CCc1c(C(C)C)cc(C=N)c(N)c1C. The minimum Gasteiger partial charge on any atom is -0.398 e. The highest BCUT2D eigenvalue weighted by molar-refractivity contribution is 5.87. The van der Waals surface area contributed by atoms with E-state index in [2.05, 4.69) is 26.8 Å². The molecule has 0 fully saturated rings. The third-order valence-electron chi connectivity index (χ3n) is 2.96. The summed E-state index contributed by atoms with van der Waals surface area (Å²) >= 11 is 0.